The van der Waals surface area contributed by atoms with Crippen LogP contribution in [0.3, 0.4) is 0 Å². The molecular formula is C18H20ClN3O3. The van der Waals surface area contributed by atoms with Gasteiger partial charge >= 0.3 is 0 Å². The Morgan fingerprint density at radius 3 is 2.64 bits per heavy atom. The molecule has 2 N–H and O–H groups in total. The molecule has 25 heavy (non-hydrogen) atoms. The van der Waals surface area contributed by atoms with Gasteiger partial charge in [0.1, 0.15) is 11.4 Å². The number of aromatic nitrogens is 1. The van der Waals surface area contributed by atoms with Crippen molar-refractivity contribution in [2.24, 2.45) is 0 Å². The van der Waals surface area contributed by atoms with Crippen LogP contribution in [0.15, 0.2) is 36.5 Å². The largest absolute Gasteiger partial charge is 0.495 e. The van der Waals surface area contributed by atoms with Gasteiger partial charge < -0.3 is 15.4 Å². The third kappa shape index (κ3) is 4.93. The summed E-state index contributed by atoms with van der Waals surface area (Å²) in [4.78, 5) is 28.5. The first-order valence-corrected chi connectivity index (χ1v) is 8.24. The van der Waals surface area contributed by atoms with E-state index in [9.17, 15) is 9.59 Å². The van der Waals surface area contributed by atoms with Gasteiger partial charge in [-0.05, 0) is 43.7 Å². The highest BCUT2D eigenvalue weighted by Gasteiger charge is 2.14. The highest BCUT2D eigenvalue weighted by molar-refractivity contribution is 6.32. The first kappa shape index (κ1) is 18.7. The normalized spacial score (nSPS) is 11.5. The molecule has 6 nitrogen and oxygen atoms in total. The molecule has 0 aliphatic carbocycles. The van der Waals surface area contributed by atoms with Crippen LogP contribution in [0.5, 0.6) is 5.75 Å². The number of ether oxygens (including phenoxy) is 1. The van der Waals surface area contributed by atoms with Crippen LogP contribution in [0.2, 0.25) is 5.02 Å². The number of anilines is 1. The number of nitrogens with zero attached hydrogens (tertiary/aromatic N) is 1. The van der Waals surface area contributed by atoms with Gasteiger partial charge in [-0.3, -0.25) is 14.6 Å². The molecule has 0 radical (unpaired) electrons. The number of carbonyl (C=O) groups is 2. The number of pyridine rings is 1. The van der Waals surface area contributed by atoms with Crippen LogP contribution in [0.4, 0.5) is 5.69 Å². The van der Waals surface area contributed by atoms with Crippen molar-refractivity contribution in [1.29, 1.82) is 0 Å². The van der Waals surface area contributed by atoms with Crippen LogP contribution in [-0.4, -0.2) is 29.9 Å². The van der Waals surface area contributed by atoms with Gasteiger partial charge in [-0.2, -0.15) is 0 Å². The third-order valence-electron chi connectivity index (χ3n) is 3.65. The predicted octanol–water partition coefficient (Wildman–Crippen LogP) is 3.52. The van der Waals surface area contributed by atoms with Crippen molar-refractivity contribution in [3.8, 4) is 5.75 Å². The molecule has 0 aliphatic rings. The fourth-order valence-electron chi connectivity index (χ4n) is 2.04. The minimum atomic E-state index is -0.431. The molecule has 7 heteroatoms. The second-order valence-corrected chi connectivity index (χ2v) is 5.92. The van der Waals surface area contributed by atoms with Crippen molar-refractivity contribution in [2.45, 2.75) is 26.3 Å². The van der Waals surface area contributed by atoms with Gasteiger partial charge in [-0.25, -0.2) is 0 Å². The van der Waals surface area contributed by atoms with E-state index < -0.39 is 5.91 Å². The van der Waals surface area contributed by atoms with E-state index in [1.54, 1.807) is 24.3 Å². The number of hydrogen-bond donors (Lipinski definition) is 2. The number of hydrogen-bond acceptors (Lipinski definition) is 4. The lowest BCUT2D eigenvalue weighted by Gasteiger charge is -2.12. The maximum Gasteiger partial charge on any atom is 0.274 e. The fourth-order valence-corrected chi connectivity index (χ4v) is 2.30. The standard InChI is InChI=1S/C18H20ClN3O3/c1-4-11(2)21-17(23)12-7-8-20-15(9-12)18(24)22-13-5-6-16(25-3)14(19)10-13/h5-11H,4H2,1-3H3,(H,21,23)(H,22,24). The molecule has 1 atom stereocenters. The van der Waals surface area contributed by atoms with E-state index in [2.05, 4.69) is 15.6 Å². The lowest BCUT2D eigenvalue weighted by atomic mass is 10.2. The molecule has 132 valence electrons. The van der Waals surface area contributed by atoms with E-state index >= 15 is 0 Å². The number of carbonyl (C=O) groups excluding carboxylic acids is 2. The summed E-state index contributed by atoms with van der Waals surface area (Å²) in [5.74, 6) is -0.154. The summed E-state index contributed by atoms with van der Waals surface area (Å²) in [7, 11) is 1.51. The number of methoxy groups -OCH3 is 1. The Balaban J connectivity index is 2.13. The highest BCUT2D eigenvalue weighted by Crippen LogP contribution is 2.27. The predicted molar refractivity (Wildman–Crippen MR) is 97.4 cm³/mol. The number of nitrogens with one attached hydrogen (secondary N) is 2. The molecule has 1 aromatic heterocycles. The Morgan fingerprint density at radius 2 is 2.00 bits per heavy atom. The average Bonchev–Trinajstić information content (AvgIpc) is 2.61. The van der Waals surface area contributed by atoms with E-state index in [1.807, 2.05) is 13.8 Å². The van der Waals surface area contributed by atoms with Crippen molar-refractivity contribution in [2.75, 3.05) is 12.4 Å². The minimum Gasteiger partial charge on any atom is -0.495 e. The summed E-state index contributed by atoms with van der Waals surface area (Å²) in [5, 5.41) is 5.93. The topological polar surface area (TPSA) is 80.3 Å². The quantitative estimate of drug-likeness (QED) is 0.824. The molecule has 0 saturated heterocycles. The Hall–Kier alpha value is -2.60. The van der Waals surface area contributed by atoms with Gasteiger partial charge in [-0.1, -0.05) is 18.5 Å². The molecule has 2 amide bonds. The first-order chi connectivity index (χ1) is 11.9. The van der Waals surface area contributed by atoms with E-state index in [0.717, 1.165) is 6.42 Å². The molecule has 0 bridgehead atoms. The number of amides is 2. The van der Waals surface area contributed by atoms with E-state index in [-0.39, 0.29) is 17.6 Å². The van der Waals surface area contributed by atoms with Gasteiger partial charge in [0.05, 0.1) is 12.1 Å². The summed E-state index contributed by atoms with van der Waals surface area (Å²) < 4.78 is 5.07. The van der Waals surface area contributed by atoms with Crippen LogP contribution in [0.1, 0.15) is 41.1 Å². The summed E-state index contributed by atoms with van der Waals surface area (Å²) in [6.07, 6.45) is 2.25. The van der Waals surface area contributed by atoms with Gasteiger partial charge in [-0.15, -0.1) is 0 Å². The van der Waals surface area contributed by atoms with Crippen molar-refractivity contribution in [3.63, 3.8) is 0 Å². The van der Waals surface area contributed by atoms with Crippen LogP contribution in [0, 0.1) is 0 Å². The summed E-state index contributed by atoms with van der Waals surface area (Å²) in [5.41, 5.74) is 1.03. The lowest BCUT2D eigenvalue weighted by molar-refractivity contribution is 0.0939. The zero-order valence-corrected chi connectivity index (χ0v) is 15.1. The van der Waals surface area contributed by atoms with Crippen molar-refractivity contribution in [1.82, 2.24) is 10.3 Å². The highest BCUT2D eigenvalue weighted by atomic mass is 35.5. The molecule has 1 unspecified atom stereocenters. The average molecular weight is 362 g/mol. The second-order valence-electron chi connectivity index (χ2n) is 5.52. The van der Waals surface area contributed by atoms with Gasteiger partial charge in [0.25, 0.3) is 11.8 Å². The molecule has 1 heterocycles. The van der Waals surface area contributed by atoms with Crippen LogP contribution in [-0.2, 0) is 0 Å². The zero-order valence-electron chi connectivity index (χ0n) is 14.3. The Bertz CT molecular complexity index is 780. The SMILES string of the molecule is CCC(C)NC(=O)c1ccnc(C(=O)Nc2ccc(OC)c(Cl)c2)c1. The summed E-state index contributed by atoms with van der Waals surface area (Å²) >= 11 is 6.04. The third-order valence-corrected chi connectivity index (χ3v) is 3.95. The molecule has 1 aromatic carbocycles. The molecule has 2 rings (SSSR count). The molecule has 0 spiro atoms. The minimum absolute atomic E-state index is 0.0550. The van der Waals surface area contributed by atoms with E-state index in [1.165, 1.54) is 19.4 Å². The number of rotatable bonds is 6. The molecular weight excluding hydrogens is 342 g/mol. The van der Waals surface area contributed by atoms with Crippen LogP contribution in [0.25, 0.3) is 0 Å². The summed E-state index contributed by atoms with van der Waals surface area (Å²) in [6.45, 7) is 3.90. The van der Waals surface area contributed by atoms with E-state index in [4.69, 9.17) is 16.3 Å². The van der Waals surface area contributed by atoms with Gasteiger partial charge in [0.2, 0.25) is 0 Å². The van der Waals surface area contributed by atoms with Crippen LogP contribution >= 0.6 is 11.6 Å². The van der Waals surface area contributed by atoms with Crippen molar-refractivity contribution in [3.05, 3.63) is 52.8 Å². The van der Waals surface area contributed by atoms with Gasteiger partial charge in [0, 0.05) is 23.5 Å². The maximum atomic E-state index is 12.4. The molecule has 0 fully saturated rings. The Kier molecular flexibility index (Phi) is 6.36. The summed E-state index contributed by atoms with van der Waals surface area (Å²) in [6, 6.07) is 7.98. The Morgan fingerprint density at radius 1 is 1.24 bits per heavy atom. The lowest BCUT2D eigenvalue weighted by Crippen LogP contribution is -2.32. The van der Waals surface area contributed by atoms with Gasteiger partial charge in [0.15, 0.2) is 0 Å². The maximum absolute atomic E-state index is 12.4. The monoisotopic (exact) mass is 361 g/mol. The Labute approximate surface area is 151 Å². The van der Waals surface area contributed by atoms with Crippen LogP contribution < -0.4 is 15.4 Å². The smallest absolute Gasteiger partial charge is 0.274 e. The van der Waals surface area contributed by atoms with Crippen molar-refractivity contribution >= 4 is 29.1 Å². The fraction of sp³-hybridized carbons (Fsp3) is 0.278. The van der Waals surface area contributed by atoms with E-state index in [0.29, 0.717) is 22.0 Å². The number of halogens is 1. The van der Waals surface area contributed by atoms with Crippen molar-refractivity contribution < 1.29 is 14.3 Å². The first-order valence-electron chi connectivity index (χ1n) is 7.86. The number of benzene rings is 1. The zero-order chi connectivity index (χ0) is 18.4. The molecule has 0 aliphatic heterocycles. The molecule has 2 aromatic rings. The molecule has 0 saturated carbocycles. The second kappa shape index (κ2) is 8.48.